The third kappa shape index (κ3) is 4.78. The zero-order valence-corrected chi connectivity index (χ0v) is 23.1. The van der Waals surface area contributed by atoms with Crippen molar-refractivity contribution in [3.63, 3.8) is 0 Å². The van der Waals surface area contributed by atoms with E-state index in [2.05, 4.69) is 26.1 Å². The van der Waals surface area contributed by atoms with Crippen LogP contribution in [0, 0.1) is 11.3 Å². The SMILES string of the molecule is CCC(C)(C)C1CCc2c(sc(NC(=O)c3cc(-c4cccc(OC)c4)nc4ccccc34)c2C(N)=O)C1. The van der Waals surface area contributed by atoms with Crippen LogP contribution in [0.15, 0.2) is 54.6 Å². The Morgan fingerprint density at radius 2 is 1.95 bits per heavy atom. The molecule has 4 aromatic rings. The molecule has 1 atom stereocenters. The third-order valence-electron chi connectivity index (χ3n) is 8.08. The molecule has 2 amide bonds. The van der Waals surface area contributed by atoms with Gasteiger partial charge in [-0.2, -0.15) is 0 Å². The van der Waals surface area contributed by atoms with Gasteiger partial charge in [-0.1, -0.05) is 57.5 Å². The van der Waals surface area contributed by atoms with Gasteiger partial charge in [-0.15, -0.1) is 11.3 Å². The smallest absolute Gasteiger partial charge is 0.257 e. The van der Waals surface area contributed by atoms with Crippen LogP contribution >= 0.6 is 11.3 Å². The predicted octanol–water partition coefficient (Wildman–Crippen LogP) is 6.86. The molecule has 0 spiro atoms. The number of hydrogen-bond donors (Lipinski definition) is 2. The minimum absolute atomic E-state index is 0.213. The van der Waals surface area contributed by atoms with E-state index in [1.54, 1.807) is 13.2 Å². The molecule has 2 aromatic carbocycles. The average molecular weight is 528 g/mol. The Bertz CT molecular complexity index is 1540. The van der Waals surface area contributed by atoms with Crippen LogP contribution in [0.3, 0.4) is 0 Å². The number of nitrogens with two attached hydrogens (primary N) is 1. The first kappa shape index (κ1) is 25.9. The molecule has 0 aliphatic heterocycles. The molecule has 1 aliphatic rings. The van der Waals surface area contributed by atoms with Crippen LogP contribution in [-0.4, -0.2) is 23.9 Å². The van der Waals surface area contributed by atoms with E-state index in [1.165, 1.54) is 11.3 Å². The highest BCUT2D eigenvalue weighted by Gasteiger charge is 2.35. The summed E-state index contributed by atoms with van der Waals surface area (Å²) >= 11 is 1.49. The van der Waals surface area contributed by atoms with E-state index in [-0.39, 0.29) is 11.3 Å². The molecule has 0 bridgehead atoms. The van der Waals surface area contributed by atoms with Crippen molar-refractivity contribution in [1.82, 2.24) is 4.98 Å². The fourth-order valence-corrected chi connectivity index (χ4v) is 6.68. The highest BCUT2D eigenvalue weighted by Crippen LogP contribution is 2.45. The molecule has 1 aliphatic carbocycles. The van der Waals surface area contributed by atoms with Crippen molar-refractivity contribution in [3.05, 3.63) is 76.2 Å². The summed E-state index contributed by atoms with van der Waals surface area (Å²) in [6.45, 7) is 6.84. The zero-order valence-electron chi connectivity index (χ0n) is 22.3. The van der Waals surface area contributed by atoms with Crippen molar-refractivity contribution in [1.29, 1.82) is 0 Å². The van der Waals surface area contributed by atoms with Gasteiger partial charge >= 0.3 is 0 Å². The van der Waals surface area contributed by atoms with Crippen LogP contribution in [0.25, 0.3) is 22.2 Å². The van der Waals surface area contributed by atoms with Gasteiger partial charge < -0.3 is 15.8 Å². The minimum Gasteiger partial charge on any atom is -0.497 e. The number of methoxy groups -OCH3 is 1. The number of pyridine rings is 1. The van der Waals surface area contributed by atoms with E-state index in [4.69, 9.17) is 15.5 Å². The van der Waals surface area contributed by atoms with Gasteiger partial charge in [0.2, 0.25) is 0 Å². The number of primary amides is 1. The number of nitrogens with zero attached hydrogens (tertiary/aromatic N) is 1. The van der Waals surface area contributed by atoms with Crippen molar-refractivity contribution in [2.24, 2.45) is 17.1 Å². The molecular weight excluding hydrogens is 494 g/mol. The van der Waals surface area contributed by atoms with Crippen molar-refractivity contribution < 1.29 is 14.3 Å². The van der Waals surface area contributed by atoms with E-state index in [0.29, 0.717) is 39.0 Å². The number of amides is 2. The second-order valence-electron chi connectivity index (χ2n) is 10.6. The first-order valence-electron chi connectivity index (χ1n) is 13.0. The summed E-state index contributed by atoms with van der Waals surface area (Å²) in [5, 5.41) is 4.33. The van der Waals surface area contributed by atoms with Crippen LogP contribution in [0.4, 0.5) is 5.00 Å². The molecule has 1 unspecified atom stereocenters. The monoisotopic (exact) mass is 527 g/mol. The third-order valence-corrected chi connectivity index (χ3v) is 9.25. The van der Waals surface area contributed by atoms with Crippen molar-refractivity contribution in [2.45, 2.75) is 46.5 Å². The van der Waals surface area contributed by atoms with Crippen molar-refractivity contribution in [3.8, 4) is 17.0 Å². The topological polar surface area (TPSA) is 94.3 Å². The first-order chi connectivity index (χ1) is 18.2. The number of fused-ring (bicyclic) bond motifs is 2. The Balaban J connectivity index is 1.54. The number of hydrogen-bond acceptors (Lipinski definition) is 5. The number of ether oxygens (including phenoxy) is 1. The minimum atomic E-state index is -0.498. The van der Waals surface area contributed by atoms with E-state index >= 15 is 0 Å². The first-order valence-corrected chi connectivity index (χ1v) is 13.8. The van der Waals surface area contributed by atoms with Gasteiger partial charge in [0.05, 0.1) is 29.4 Å². The fraction of sp³-hybridized carbons (Fsp3) is 0.323. The lowest BCUT2D eigenvalue weighted by Gasteiger charge is -2.36. The van der Waals surface area contributed by atoms with Gasteiger partial charge in [0.15, 0.2) is 0 Å². The maximum Gasteiger partial charge on any atom is 0.257 e. The van der Waals surface area contributed by atoms with Gasteiger partial charge in [0, 0.05) is 15.8 Å². The molecule has 6 nitrogen and oxygen atoms in total. The van der Waals surface area contributed by atoms with Gasteiger partial charge in [-0.05, 0) is 60.4 Å². The van der Waals surface area contributed by atoms with Gasteiger partial charge in [0.25, 0.3) is 11.8 Å². The molecule has 3 N–H and O–H groups in total. The largest absolute Gasteiger partial charge is 0.497 e. The lowest BCUT2D eigenvalue weighted by Crippen LogP contribution is -2.29. The Labute approximate surface area is 227 Å². The summed E-state index contributed by atoms with van der Waals surface area (Å²) < 4.78 is 5.38. The average Bonchev–Trinajstić information content (AvgIpc) is 3.29. The van der Waals surface area contributed by atoms with E-state index < -0.39 is 5.91 Å². The molecule has 5 rings (SSSR count). The number of carbonyl (C=O) groups excluding carboxylic acids is 2. The quantitative estimate of drug-likeness (QED) is 0.274. The van der Waals surface area contributed by atoms with E-state index in [0.717, 1.165) is 47.1 Å². The molecule has 0 radical (unpaired) electrons. The molecule has 7 heteroatoms. The van der Waals surface area contributed by atoms with Gasteiger partial charge in [-0.25, -0.2) is 4.98 Å². The number of benzene rings is 2. The maximum atomic E-state index is 13.8. The molecule has 2 aromatic heterocycles. The summed E-state index contributed by atoms with van der Waals surface area (Å²) in [5.74, 6) is 0.447. The summed E-state index contributed by atoms with van der Waals surface area (Å²) in [4.78, 5) is 32.3. The molecule has 2 heterocycles. The zero-order chi connectivity index (χ0) is 27.0. The Morgan fingerprint density at radius 3 is 2.68 bits per heavy atom. The Hall–Kier alpha value is -3.71. The van der Waals surface area contributed by atoms with E-state index in [9.17, 15) is 9.59 Å². The number of para-hydroxylation sites is 1. The lowest BCUT2D eigenvalue weighted by molar-refractivity contribution is 0.0999. The molecular formula is C31H33N3O3S. The normalized spacial score (nSPS) is 15.2. The molecule has 0 saturated heterocycles. The van der Waals surface area contributed by atoms with Crippen LogP contribution in [-0.2, 0) is 12.8 Å². The standard InChI is InChI=1S/C31H33N3O3S/c1-5-31(2,3)19-13-14-22-26(16-19)38-30(27(22)28(32)35)34-29(36)23-17-25(18-9-8-10-20(15-18)37-4)33-24-12-7-6-11-21(23)24/h6-12,15,17,19H,5,13-14,16H2,1-4H3,(H2,32,35)(H,34,36). The molecule has 0 fully saturated rings. The van der Waals surface area contributed by atoms with Crippen molar-refractivity contribution >= 4 is 39.1 Å². The molecule has 38 heavy (non-hydrogen) atoms. The van der Waals surface area contributed by atoms with Crippen LogP contribution < -0.4 is 15.8 Å². The number of anilines is 1. The number of aromatic nitrogens is 1. The predicted molar refractivity (Wildman–Crippen MR) is 154 cm³/mol. The second kappa shape index (κ2) is 10.2. The van der Waals surface area contributed by atoms with Crippen LogP contribution in [0.5, 0.6) is 5.75 Å². The van der Waals surface area contributed by atoms with Crippen LogP contribution in [0.1, 0.15) is 64.8 Å². The maximum absolute atomic E-state index is 13.8. The lowest BCUT2D eigenvalue weighted by atomic mass is 9.69. The van der Waals surface area contributed by atoms with Crippen molar-refractivity contribution in [2.75, 3.05) is 12.4 Å². The Kier molecular flexibility index (Phi) is 6.97. The molecule has 0 saturated carbocycles. The summed E-state index contributed by atoms with van der Waals surface area (Å²) in [6.07, 6.45) is 3.80. The number of thiophene rings is 1. The summed E-state index contributed by atoms with van der Waals surface area (Å²) in [5.41, 5.74) is 10.2. The highest BCUT2D eigenvalue weighted by atomic mass is 32.1. The van der Waals surface area contributed by atoms with E-state index in [1.807, 2.05) is 48.5 Å². The molecule has 196 valence electrons. The number of rotatable bonds is 7. The highest BCUT2D eigenvalue weighted by molar-refractivity contribution is 7.17. The Morgan fingerprint density at radius 1 is 1.16 bits per heavy atom. The summed E-state index contributed by atoms with van der Waals surface area (Å²) in [6, 6.07) is 17.0. The number of nitrogens with one attached hydrogen (secondary N) is 1. The van der Waals surface area contributed by atoms with Gasteiger partial charge in [-0.3, -0.25) is 9.59 Å². The van der Waals surface area contributed by atoms with Gasteiger partial charge in [0.1, 0.15) is 10.8 Å². The summed E-state index contributed by atoms with van der Waals surface area (Å²) in [7, 11) is 1.62. The fourth-order valence-electron chi connectivity index (χ4n) is 5.35. The van der Waals surface area contributed by atoms with Crippen LogP contribution in [0.2, 0.25) is 0 Å². The number of carbonyl (C=O) groups is 2. The second-order valence-corrected chi connectivity index (χ2v) is 11.7.